The topological polar surface area (TPSA) is 24.9 Å². The van der Waals surface area contributed by atoms with Gasteiger partial charge >= 0.3 is 0 Å². The highest BCUT2D eigenvalue weighted by Gasteiger charge is 2.19. The van der Waals surface area contributed by atoms with E-state index in [0.29, 0.717) is 27.2 Å². The third-order valence-electron chi connectivity index (χ3n) is 3.14. The van der Waals surface area contributed by atoms with E-state index >= 15 is 0 Å². The van der Waals surface area contributed by atoms with Crippen molar-refractivity contribution in [2.24, 2.45) is 5.92 Å². The summed E-state index contributed by atoms with van der Waals surface area (Å²) in [6.45, 7) is 0.901. The Labute approximate surface area is 117 Å². The molecule has 0 bridgehead atoms. The molecule has 1 aromatic heterocycles. The van der Waals surface area contributed by atoms with Gasteiger partial charge in [-0.2, -0.15) is 0 Å². The van der Waals surface area contributed by atoms with Crippen molar-refractivity contribution < 1.29 is 0 Å². The van der Waals surface area contributed by atoms with E-state index in [1.54, 1.807) is 12.3 Å². The molecule has 5 heteroatoms. The molecule has 0 aromatic carbocycles. The zero-order valence-corrected chi connectivity index (χ0v) is 11.7. The van der Waals surface area contributed by atoms with Gasteiger partial charge in [0.05, 0.1) is 10.0 Å². The lowest BCUT2D eigenvalue weighted by Gasteiger charge is -2.25. The van der Waals surface area contributed by atoms with Crippen molar-refractivity contribution in [2.75, 3.05) is 11.9 Å². The Hall–Kier alpha value is -0.180. The van der Waals surface area contributed by atoms with Gasteiger partial charge in [0.1, 0.15) is 5.82 Å². The molecular weight excluding hydrogens is 279 g/mol. The van der Waals surface area contributed by atoms with E-state index in [9.17, 15) is 0 Å². The second kappa shape index (κ2) is 6.12. The molecule has 1 aromatic rings. The van der Waals surface area contributed by atoms with E-state index in [4.69, 9.17) is 34.8 Å². The Morgan fingerprint density at radius 2 is 1.94 bits per heavy atom. The molecule has 0 radical (unpaired) electrons. The average Bonchev–Trinajstić information content (AvgIpc) is 2.30. The number of hydrogen-bond acceptors (Lipinski definition) is 2. The van der Waals surface area contributed by atoms with Crippen LogP contribution in [0.15, 0.2) is 12.3 Å². The molecule has 0 amide bonds. The van der Waals surface area contributed by atoms with Crippen LogP contribution >= 0.6 is 34.8 Å². The van der Waals surface area contributed by atoms with Crippen molar-refractivity contribution in [1.82, 2.24) is 4.98 Å². The van der Waals surface area contributed by atoms with Crippen LogP contribution in [0.25, 0.3) is 0 Å². The zero-order valence-electron chi connectivity index (χ0n) is 9.43. The number of rotatable bonds is 3. The van der Waals surface area contributed by atoms with Crippen LogP contribution in [-0.4, -0.2) is 16.9 Å². The van der Waals surface area contributed by atoms with E-state index in [-0.39, 0.29) is 0 Å². The van der Waals surface area contributed by atoms with Crippen LogP contribution in [0.4, 0.5) is 5.82 Å². The van der Waals surface area contributed by atoms with Gasteiger partial charge in [-0.1, -0.05) is 23.2 Å². The monoisotopic (exact) mass is 292 g/mol. The molecule has 1 aliphatic rings. The molecule has 0 aliphatic heterocycles. The molecule has 0 spiro atoms. The summed E-state index contributed by atoms with van der Waals surface area (Å²) in [5.41, 5.74) is 0. The van der Waals surface area contributed by atoms with Gasteiger partial charge in [-0.3, -0.25) is 0 Å². The number of halogens is 3. The van der Waals surface area contributed by atoms with Crippen molar-refractivity contribution in [1.29, 1.82) is 0 Å². The van der Waals surface area contributed by atoms with E-state index in [1.165, 1.54) is 12.8 Å². The number of hydrogen-bond donors (Lipinski definition) is 1. The maximum absolute atomic E-state index is 6.07. The van der Waals surface area contributed by atoms with Crippen molar-refractivity contribution >= 4 is 40.6 Å². The SMILES string of the molecule is Clc1cnc(NCC2CCC(Cl)CC2)c(Cl)c1. The first-order chi connectivity index (χ1) is 8.15. The van der Waals surface area contributed by atoms with E-state index in [1.807, 2.05) is 0 Å². The quantitative estimate of drug-likeness (QED) is 0.824. The molecule has 1 saturated carbocycles. The summed E-state index contributed by atoms with van der Waals surface area (Å²) < 4.78 is 0. The van der Waals surface area contributed by atoms with Crippen LogP contribution in [-0.2, 0) is 0 Å². The van der Waals surface area contributed by atoms with Crippen molar-refractivity contribution in [2.45, 2.75) is 31.1 Å². The lowest BCUT2D eigenvalue weighted by atomic mass is 9.89. The number of alkyl halides is 1. The van der Waals surface area contributed by atoms with E-state index in [2.05, 4.69) is 10.3 Å². The van der Waals surface area contributed by atoms with Gasteiger partial charge in [0.2, 0.25) is 0 Å². The Morgan fingerprint density at radius 3 is 2.59 bits per heavy atom. The predicted octanol–water partition coefficient (Wildman–Crippen LogP) is 4.60. The molecular formula is C12H15Cl3N2. The predicted molar refractivity (Wildman–Crippen MR) is 74.3 cm³/mol. The molecule has 0 unspecified atom stereocenters. The minimum atomic E-state index is 0.364. The minimum Gasteiger partial charge on any atom is -0.369 e. The molecule has 94 valence electrons. The van der Waals surface area contributed by atoms with Gasteiger partial charge in [-0.25, -0.2) is 4.98 Å². The third kappa shape index (κ3) is 3.90. The fourth-order valence-corrected chi connectivity index (χ4v) is 2.81. The molecule has 2 rings (SSSR count). The summed E-state index contributed by atoms with van der Waals surface area (Å²) in [6.07, 6.45) is 6.16. The lowest BCUT2D eigenvalue weighted by Crippen LogP contribution is -2.21. The zero-order chi connectivity index (χ0) is 12.3. The number of nitrogens with one attached hydrogen (secondary N) is 1. The molecule has 1 heterocycles. The summed E-state index contributed by atoms with van der Waals surface area (Å²) in [5, 5.41) is 4.78. The molecule has 0 atom stereocenters. The maximum atomic E-state index is 6.07. The van der Waals surface area contributed by atoms with Crippen LogP contribution in [0.3, 0.4) is 0 Å². The van der Waals surface area contributed by atoms with Gasteiger partial charge < -0.3 is 5.32 Å². The standard InChI is InChI=1S/C12H15Cl3N2/c13-9-3-1-8(2-4-9)6-16-12-11(15)5-10(14)7-17-12/h5,7-9H,1-4,6H2,(H,16,17). The Kier molecular flexibility index (Phi) is 4.78. The first kappa shape index (κ1) is 13.3. The van der Waals surface area contributed by atoms with Gasteiger partial charge in [-0.15, -0.1) is 11.6 Å². The molecule has 1 N–H and O–H groups in total. The Balaban J connectivity index is 1.85. The summed E-state index contributed by atoms with van der Waals surface area (Å²) in [7, 11) is 0. The van der Waals surface area contributed by atoms with Crippen molar-refractivity contribution in [3.05, 3.63) is 22.3 Å². The highest BCUT2D eigenvalue weighted by molar-refractivity contribution is 6.35. The highest BCUT2D eigenvalue weighted by Crippen LogP contribution is 2.28. The summed E-state index contributed by atoms with van der Waals surface area (Å²) in [4.78, 5) is 4.18. The first-order valence-electron chi connectivity index (χ1n) is 5.84. The van der Waals surface area contributed by atoms with Crippen molar-refractivity contribution in [3.63, 3.8) is 0 Å². The van der Waals surface area contributed by atoms with Crippen LogP contribution in [0.2, 0.25) is 10.0 Å². The third-order valence-corrected chi connectivity index (χ3v) is 4.07. The highest BCUT2D eigenvalue weighted by atomic mass is 35.5. The van der Waals surface area contributed by atoms with E-state index < -0.39 is 0 Å². The Morgan fingerprint density at radius 1 is 1.24 bits per heavy atom. The fourth-order valence-electron chi connectivity index (χ4n) is 2.11. The molecule has 17 heavy (non-hydrogen) atoms. The second-order valence-electron chi connectivity index (χ2n) is 4.48. The summed E-state index contributed by atoms with van der Waals surface area (Å²) in [5.74, 6) is 1.38. The molecule has 2 nitrogen and oxygen atoms in total. The number of anilines is 1. The minimum absolute atomic E-state index is 0.364. The second-order valence-corrected chi connectivity index (χ2v) is 5.94. The molecule has 0 saturated heterocycles. The average molecular weight is 294 g/mol. The molecule has 1 fully saturated rings. The van der Waals surface area contributed by atoms with Gasteiger partial charge in [0.15, 0.2) is 0 Å². The van der Waals surface area contributed by atoms with Crippen LogP contribution in [0.5, 0.6) is 0 Å². The van der Waals surface area contributed by atoms with Crippen LogP contribution in [0, 0.1) is 5.92 Å². The summed E-state index contributed by atoms with van der Waals surface area (Å²) in [6, 6.07) is 1.70. The van der Waals surface area contributed by atoms with Gasteiger partial charge in [0.25, 0.3) is 0 Å². The van der Waals surface area contributed by atoms with Crippen molar-refractivity contribution in [3.8, 4) is 0 Å². The van der Waals surface area contributed by atoms with Gasteiger partial charge in [-0.05, 0) is 37.7 Å². The first-order valence-corrected chi connectivity index (χ1v) is 7.03. The maximum Gasteiger partial charge on any atom is 0.144 e. The number of nitrogens with zero attached hydrogens (tertiary/aromatic N) is 1. The summed E-state index contributed by atoms with van der Waals surface area (Å²) >= 11 is 17.9. The van der Waals surface area contributed by atoms with E-state index in [0.717, 1.165) is 19.4 Å². The van der Waals surface area contributed by atoms with Gasteiger partial charge in [0, 0.05) is 18.1 Å². The number of aromatic nitrogens is 1. The largest absolute Gasteiger partial charge is 0.369 e. The Bertz CT molecular complexity index is 376. The molecule has 1 aliphatic carbocycles. The normalized spacial score (nSPS) is 24.6. The fraction of sp³-hybridized carbons (Fsp3) is 0.583. The van der Waals surface area contributed by atoms with Crippen LogP contribution < -0.4 is 5.32 Å². The smallest absolute Gasteiger partial charge is 0.144 e. The number of pyridine rings is 1. The van der Waals surface area contributed by atoms with Crippen LogP contribution in [0.1, 0.15) is 25.7 Å². The lowest BCUT2D eigenvalue weighted by molar-refractivity contribution is 0.377.